The fourth-order valence-electron chi connectivity index (χ4n) is 3.68. The molecule has 1 N–H and O–H groups in total. The Bertz CT molecular complexity index is 813. The molecular formula is C23H31N2O4+. The highest BCUT2D eigenvalue weighted by molar-refractivity contribution is 5.78. The molecule has 0 bridgehead atoms. The minimum atomic E-state index is -0.349. The Morgan fingerprint density at radius 1 is 1.21 bits per heavy atom. The molecule has 1 aliphatic carbocycles. The van der Waals surface area contributed by atoms with Gasteiger partial charge in [0.05, 0.1) is 19.7 Å². The van der Waals surface area contributed by atoms with E-state index in [0.717, 1.165) is 35.7 Å². The number of rotatable bonds is 10. The van der Waals surface area contributed by atoms with Crippen LogP contribution < -0.4 is 4.90 Å². The second-order valence-corrected chi connectivity index (χ2v) is 7.83. The summed E-state index contributed by atoms with van der Waals surface area (Å²) >= 11 is 0. The van der Waals surface area contributed by atoms with Crippen LogP contribution in [0.3, 0.4) is 0 Å². The second kappa shape index (κ2) is 9.74. The predicted octanol–water partition coefficient (Wildman–Crippen LogP) is 1.77. The lowest BCUT2D eigenvalue weighted by Gasteiger charge is -2.27. The third-order valence-electron chi connectivity index (χ3n) is 5.58. The van der Waals surface area contributed by atoms with Crippen LogP contribution in [-0.2, 0) is 27.3 Å². The molecule has 0 aliphatic heterocycles. The molecule has 0 spiro atoms. The largest absolute Gasteiger partial charge is 0.465 e. The smallest absolute Gasteiger partial charge is 0.364 e. The molecule has 1 unspecified atom stereocenters. The molecule has 1 amide bonds. The normalized spacial score (nSPS) is 15.6. The van der Waals surface area contributed by atoms with E-state index in [0.29, 0.717) is 19.1 Å². The van der Waals surface area contributed by atoms with Gasteiger partial charge in [-0.05, 0) is 38.0 Å². The molecule has 1 aromatic carbocycles. The summed E-state index contributed by atoms with van der Waals surface area (Å²) in [6, 6.07) is 14.0. The highest BCUT2D eigenvalue weighted by Crippen LogP contribution is 2.16. The van der Waals surface area contributed by atoms with Crippen LogP contribution in [0.5, 0.6) is 0 Å². The summed E-state index contributed by atoms with van der Waals surface area (Å²) in [7, 11) is 1.40. The van der Waals surface area contributed by atoms with Gasteiger partial charge >= 0.3 is 5.97 Å². The molecule has 0 saturated heterocycles. The predicted molar refractivity (Wildman–Crippen MR) is 109 cm³/mol. The van der Waals surface area contributed by atoms with Crippen LogP contribution in [0.25, 0.3) is 0 Å². The van der Waals surface area contributed by atoms with Crippen molar-refractivity contribution in [3.05, 3.63) is 59.5 Å². The lowest BCUT2D eigenvalue weighted by molar-refractivity contribution is -0.918. The molecule has 156 valence electrons. The molecular weight excluding hydrogens is 368 g/mol. The van der Waals surface area contributed by atoms with E-state index < -0.39 is 0 Å². The first kappa shape index (κ1) is 21.1. The number of nitrogens with zero attached hydrogens (tertiary/aromatic N) is 1. The van der Waals surface area contributed by atoms with Crippen molar-refractivity contribution >= 4 is 11.9 Å². The van der Waals surface area contributed by atoms with Gasteiger partial charge in [-0.25, -0.2) is 4.79 Å². The number of aryl methyl sites for hydroxylation is 1. The van der Waals surface area contributed by atoms with Gasteiger partial charge in [-0.15, -0.1) is 0 Å². The monoisotopic (exact) mass is 399 g/mol. The number of nitrogens with one attached hydrogen (secondary N) is 1. The van der Waals surface area contributed by atoms with Gasteiger partial charge in [0.2, 0.25) is 0 Å². The van der Waals surface area contributed by atoms with Crippen molar-refractivity contribution in [2.24, 2.45) is 0 Å². The van der Waals surface area contributed by atoms with Crippen LogP contribution in [0, 0.1) is 6.92 Å². The second-order valence-electron chi connectivity index (χ2n) is 7.83. The molecule has 0 radical (unpaired) electrons. The quantitative estimate of drug-likeness (QED) is 0.619. The number of carbonyl (C=O) groups excluding carboxylic acids is 2. The molecule has 29 heavy (non-hydrogen) atoms. The van der Waals surface area contributed by atoms with Crippen molar-refractivity contribution in [3.63, 3.8) is 0 Å². The Balaban J connectivity index is 1.70. The third kappa shape index (κ3) is 5.94. The fraction of sp³-hybridized carbons (Fsp3) is 0.478. The van der Waals surface area contributed by atoms with E-state index in [1.165, 1.54) is 12.7 Å². The molecule has 2 atom stereocenters. The van der Waals surface area contributed by atoms with Gasteiger partial charge in [-0.1, -0.05) is 30.3 Å². The highest BCUT2D eigenvalue weighted by atomic mass is 16.5. The van der Waals surface area contributed by atoms with Gasteiger partial charge in [0, 0.05) is 19.4 Å². The van der Waals surface area contributed by atoms with Crippen molar-refractivity contribution < 1.29 is 23.6 Å². The summed E-state index contributed by atoms with van der Waals surface area (Å²) in [5.41, 5.74) is 1.19. The summed E-state index contributed by atoms with van der Waals surface area (Å²) in [5.74, 6) is 1.38. The van der Waals surface area contributed by atoms with Gasteiger partial charge in [-0.3, -0.25) is 4.79 Å². The van der Waals surface area contributed by atoms with Crippen LogP contribution in [0.4, 0.5) is 0 Å². The van der Waals surface area contributed by atoms with E-state index in [-0.39, 0.29) is 24.5 Å². The maximum atomic E-state index is 13.2. The van der Waals surface area contributed by atoms with Crippen LogP contribution in [0.2, 0.25) is 0 Å². The summed E-state index contributed by atoms with van der Waals surface area (Å²) < 4.78 is 10.6. The summed E-state index contributed by atoms with van der Waals surface area (Å²) in [4.78, 5) is 28.2. The maximum absolute atomic E-state index is 13.2. The van der Waals surface area contributed by atoms with Crippen LogP contribution in [-0.4, -0.2) is 49.1 Å². The zero-order valence-electron chi connectivity index (χ0n) is 17.5. The van der Waals surface area contributed by atoms with Gasteiger partial charge in [0.25, 0.3) is 5.91 Å². The van der Waals surface area contributed by atoms with E-state index in [9.17, 15) is 9.59 Å². The van der Waals surface area contributed by atoms with E-state index in [1.54, 1.807) is 0 Å². The molecule has 1 aromatic heterocycles. The number of methoxy groups -OCH3 is 1. The van der Waals surface area contributed by atoms with Crippen LogP contribution in [0.1, 0.15) is 36.8 Å². The van der Waals surface area contributed by atoms with Crippen molar-refractivity contribution in [1.82, 2.24) is 4.90 Å². The van der Waals surface area contributed by atoms with E-state index in [2.05, 4.69) is 12.1 Å². The topological polar surface area (TPSA) is 64.2 Å². The number of amides is 1. The minimum Gasteiger partial charge on any atom is -0.465 e. The molecule has 3 rings (SSSR count). The Labute approximate surface area is 172 Å². The number of quaternary nitrogens is 1. The zero-order valence-corrected chi connectivity index (χ0v) is 17.5. The van der Waals surface area contributed by atoms with Gasteiger partial charge in [-0.2, -0.15) is 0 Å². The number of benzene rings is 1. The van der Waals surface area contributed by atoms with Crippen molar-refractivity contribution in [1.29, 1.82) is 0 Å². The molecule has 1 saturated carbocycles. The lowest BCUT2D eigenvalue weighted by Crippen LogP contribution is -3.18. The maximum Gasteiger partial charge on any atom is 0.364 e. The average molecular weight is 400 g/mol. The van der Waals surface area contributed by atoms with Crippen LogP contribution >= 0.6 is 0 Å². The van der Waals surface area contributed by atoms with E-state index in [4.69, 9.17) is 9.15 Å². The first-order chi connectivity index (χ1) is 14.0. The number of hydrogen-bond acceptors (Lipinski definition) is 4. The Hall–Kier alpha value is -2.60. The number of esters is 1. The zero-order chi connectivity index (χ0) is 20.8. The molecule has 1 heterocycles. The van der Waals surface area contributed by atoms with E-state index >= 15 is 0 Å². The Morgan fingerprint density at radius 3 is 2.52 bits per heavy atom. The first-order valence-corrected chi connectivity index (χ1v) is 10.3. The third-order valence-corrected chi connectivity index (χ3v) is 5.58. The van der Waals surface area contributed by atoms with Crippen LogP contribution in [0.15, 0.2) is 46.9 Å². The van der Waals surface area contributed by atoms with Crippen molar-refractivity contribution in [2.45, 2.75) is 51.7 Å². The van der Waals surface area contributed by atoms with Gasteiger partial charge < -0.3 is 19.0 Å². The molecule has 2 aromatic rings. The summed E-state index contributed by atoms with van der Waals surface area (Å²) in [5, 5.41) is 0. The number of furan rings is 1. The molecule has 6 nitrogen and oxygen atoms in total. The standard InChI is InChI=1S/C23H30N2O4/c1-17-9-12-21(29-17)15-24(14-13-19-7-5-4-6-8-19)22(26)16-25(20-10-11-20)18(2)23(27)28-3/h4-9,12,18,20H,10-11,13-16H2,1-3H3/p+1/t18-/m1/s1. The Morgan fingerprint density at radius 2 is 1.93 bits per heavy atom. The van der Waals surface area contributed by atoms with E-state index in [1.807, 2.05) is 49.1 Å². The van der Waals surface area contributed by atoms with Crippen molar-refractivity contribution in [2.75, 3.05) is 20.2 Å². The molecule has 1 fully saturated rings. The molecule has 6 heteroatoms. The lowest BCUT2D eigenvalue weighted by atomic mass is 10.1. The summed E-state index contributed by atoms with van der Waals surface area (Å²) in [6.07, 6.45) is 2.87. The number of ether oxygens (including phenoxy) is 1. The fourth-order valence-corrected chi connectivity index (χ4v) is 3.68. The Kier molecular flexibility index (Phi) is 7.09. The first-order valence-electron chi connectivity index (χ1n) is 10.3. The van der Waals surface area contributed by atoms with Crippen molar-refractivity contribution in [3.8, 4) is 0 Å². The molecule has 1 aliphatic rings. The minimum absolute atomic E-state index is 0.0348. The SMILES string of the molecule is COC(=O)[C@@H](C)[NH+](CC(=O)N(CCc1ccccc1)Cc1ccc(C)o1)C1CC1. The number of hydrogen-bond donors (Lipinski definition) is 1. The van der Waals surface area contributed by atoms with Gasteiger partial charge in [0.15, 0.2) is 12.6 Å². The van der Waals surface area contributed by atoms with Gasteiger partial charge in [0.1, 0.15) is 11.5 Å². The number of carbonyl (C=O) groups is 2. The highest BCUT2D eigenvalue weighted by Gasteiger charge is 2.41. The summed E-state index contributed by atoms with van der Waals surface area (Å²) in [6.45, 7) is 5.07. The average Bonchev–Trinajstić information content (AvgIpc) is 3.50.